The van der Waals surface area contributed by atoms with Gasteiger partial charge in [0.05, 0.1) is 11.0 Å². The average Bonchev–Trinajstić information content (AvgIpc) is 2.43. The third-order valence-electron chi connectivity index (χ3n) is 3.80. The molecule has 0 atom stereocenters. The van der Waals surface area contributed by atoms with Gasteiger partial charge in [-0.2, -0.15) is 9.98 Å². The van der Waals surface area contributed by atoms with Gasteiger partial charge in [-0.25, -0.2) is 8.42 Å². The van der Waals surface area contributed by atoms with Gasteiger partial charge in [-0.1, -0.05) is 50.3 Å². The zero-order chi connectivity index (χ0) is 14.5. The summed E-state index contributed by atoms with van der Waals surface area (Å²) in [7, 11) is -3.63. The van der Waals surface area contributed by atoms with Crippen molar-refractivity contribution in [1.82, 2.24) is 4.72 Å². The zero-order valence-electron chi connectivity index (χ0n) is 11.5. The minimum absolute atomic E-state index is 0.219. The summed E-state index contributed by atoms with van der Waals surface area (Å²) >= 11 is 0. The molecule has 1 N–H and O–H groups in total. The molecule has 1 saturated carbocycles. The summed E-state index contributed by atoms with van der Waals surface area (Å²) in [6.45, 7) is 0. The summed E-state index contributed by atoms with van der Waals surface area (Å²) in [5, 5.41) is 9.49. The standard InChI is InChI=1S/C15H20N2O2S/c16-13-15(11-7-2-1-3-8-12-15)17-20(18,19)14-9-5-4-6-10-14/h4-6,9-10,17H,1-3,7-8,11-12H2. The molecule has 2 rings (SSSR count). The molecule has 4 nitrogen and oxygen atoms in total. The molecule has 0 unspecified atom stereocenters. The molecule has 0 radical (unpaired) electrons. The Hall–Kier alpha value is -1.38. The Labute approximate surface area is 120 Å². The van der Waals surface area contributed by atoms with E-state index in [0.717, 1.165) is 25.7 Å². The predicted molar refractivity (Wildman–Crippen MR) is 77.4 cm³/mol. The van der Waals surface area contributed by atoms with Crippen LogP contribution in [0.4, 0.5) is 0 Å². The summed E-state index contributed by atoms with van der Waals surface area (Å²) in [4.78, 5) is 0.219. The van der Waals surface area contributed by atoms with Crippen LogP contribution >= 0.6 is 0 Å². The fourth-order valence-electron chi connectivity index (χ4n) is 2.66. The van der Waals surface area contributed by atoms with Crippen molar-refractivity contribution in [2.45, 2.75) is 55.4 Å². The number of nitrogens with one attached hydrogen (secondary N) is 1. The highest BCUT2D eigenvalue weighted by Crippen LogP contribution is 2.27. The number of benzene rings is 1. The van der Waals surface area contributed by atoms with E-state index in [1.807, 2.05) is 0 Å². The second-order valence-corrected chi connectivity index (χ2v) is 7.06. The predicted octanol–water partition coefficient (Wildman–Crippen LogP) is 2.97. The van der Waals surface area contributed by atoms with E-state index in [0.29, 0.717) is 12.8 Å². The molecule has 0 aliphatic heterocycles. The molecule has 1 aliphatic carbocycles. The SMILES string of the molecule is N#CC1(NS(=O)(=O)c2ccccc2)CCCCCCC1. The van der Waals surface area contributed by atoms with Crippen LogP contribution in [0.2, 0.25) is 0 Å². The van der Waals surface area contributed by atoms with E-state index in [4.69, 9.17) is 0 Å². The molecule has 1 fully saturated rings. The van der Waals surface area contributed by atoms with Crippen LogP contribution in [-0.4, -0.2) is 14.0 Å². The number of nitrogens with zero attached hydrogens (tertiary/aromatic N) is 1. The highest BCUT2D eigenvalue weighted by Gasteiger charge is 2.35. The molecule has 0 aromatic heterocycles. The molecular formula is C15H20N2O2S. The molecule has 0 heterocycles. The maximum Gasteiger partial charge on any atom is 0.241 e. The summed E-state index contributed by atoms with van der Waals surface area (Å²) < 4.78 is 27.5. The summed E-state index contributed by atoms with van der Waals surface area (Å²) in [6, 6.07) is 10.5. The van der Waals surface area contributed by atoms with Gasteiger partial charge in [0, 0.05) is 0 Å². The first-order valence-corrected chi connectivity index (χ1v) is 8.57. The molecule has 0 bridgehead atoms. The van der Waals surface area contributed by atoms with Gasteiger partial charge in [-0.15, -0.1) is 0 Å². The van der Waals surface area contributed by atoms with Crippen LogP contribution in [0, 0.1) is 11.3 Å². The number of hydrogen-bond donors (Lipinski definition) is 1. The lowest BCUT2D eigenvalue weighted by molar-refractivity contribution is 0.357. The lowest BCUT2D eigenvalue weighted by Gasteiger charge is -2.29. The van der Waals surface area contributed by atoms with Crippen LogP contribution in [0.1, 0.15) is 44.9 Å². The second kappa shape index (κ2) is 6.38. The Morgan fingerprint density at radius 1 is 1.00 bits per heavy atom. The zero-order valence-corrected chi connectivity index (χ0v) is 12.3. The van der Waals surface area contributed by atoms with Crippen LogP contribution < -0.4 is 4.72 Å². The van der Waals surface area contributed by atoms with Gasteiger partial charge in [-0.05, 0) is 25.0 Å². The van der Waals surface area contributed by atoms with Crippen LogP contribution in [0.3, 0.4) is 0 Å². The van der Waals surface area contributed by atoms with Crippen LogP contribution in [0.5, 0.6) is 0 Å². The van der Waals surface area contributed by atoms with E-state index in [2.05, 4.69) is 10.8 Å². The Morgan fingerprint density at radius 2 is 1.55 bits per heavy atom. The van der Waals surface area contributed by atoms with Gasteiger partial charge in [0.1, 0.15) is 5.54 Å². The van der Waals surface area contributed by atoms with E-state index in [1.165, 1.54) is 6.42 Å². The number of nitriles is 1. The first kappa shape index (κ1) is 15.0. The van der Waals surface area contributed by atoms with Gasteiger partial charge in [0.2, 0.25) is 10.0 Å². The van der Waals surface area contributed by atoms with Gasteiger partial charge in [-0.3, -0.25) is 0 Å². The molecule has 0 saturated heterocycles. The molecule has 20 heavy (non-hydrogen) atoms. The third-order valence-corrected chi connectivity index (χ3v) is 5.36. The number of rotatable bonds is 3. The van der Waals surface area contributed by atoms with Crippen LogP contribution in [-0.2, 0) is 10.0 Å². The quantitative estimate of drug-likeness (QED) is 0.931. The fraction of sp³-hybridized carbons (Fsp3) is 0.533. The molecule has 5 heteroatoms. The van der Waals surface area contributed by atoms with Crippen molar-refractivity contribution in [2.24, 2.45) is 0 Å². The average molecular weight is 292 g/mol. The van der Waals surface area contributed by atoms with Gasteiger partial charge < -0.3 is 0 Å². The molecule has 1 aromatic carbocycles. The van der Waals surface area contributed by atoms with E-state index in [-0.39, 0.29) is 4.90 Å². The number of hydrogen-bond acceptors (Lipinski definition) is 3. The monoisotopic (exact) mass is 292 g/mol. The van der Waals surface area contributed by atoms with Gasteiger partial charge in [0.25, 0.3) is 0 Å². The van der Waals surface area contributed by atoms with Crippen molar-refractivity contribution in [3.05, 3.63) is 30.3 Å². The van der Waals surface area contributed by atoms with Crippen LogP contribution in [0.25, 0.3) is 0 Å². The van der Waals surface area contributed by atoms with Crippen molar-refractivity contribution in [2.75, 3.05) is 0 Å². The maximum atomic E-state index is 12.4. The number of sulfonamides is 1. The van der Waals surface area contributed by atoms with Gasteiger partial charge >= 0.3 is 0 Å². The minimum Gasteiger partial charge on any atom is -0.207 e. The Morgan fingerprint density at radius 3 is 2.10 bits per heavy atom. The molecule has 0 amide bonds. The fourth-order valence-corrected chi connectivity index (χ4v) is 4.06. The van der Waals surface area contributed by atoms with Crippen molar-refractivity contribution in [3.8, 4) is 6.07 Å². The minimum atomic E-state index is -3.63. The summed E-state index contributed by atoms with van der Waals surface area (Å²) in [5.41, 5.74) is -0.949. The summed E-state index contributed by atoms with van der Waals surface area (Å²) in [5.74, 6) is 0. The molecule has 1 aliphatic rings. The lowest BCUT2D eigenvalue weighted by Crippen LogP contribution is -2.47. The molecular weight excluding hydrogens is 272 g/mol. The third kappa shape index (κ3) is 3.59. The first-order chi connectivity index (χ1) is 9.58. The van der Waals surface area contributed by atoms with Crippen molar-refractivity contribution >= 4 is 10.0 Å². The Bertz CT molecular complexity index is 568. The largest absolute Gasteiger partial charge is 0.241 e. The van der Waals surface area contributed by atoms with Gasteiger partial charge in [0.15, 0.2) is 0 Å². The van der Waals surface area contributed by atoms with Crippen molar-refractivity contribution in [3.63, 3.8) is 0 Å². The van der Waals surface area contributed by atoms with E-state index >= 15 is 0 Å². The maximum absolute atomic E-state index is 12.4. The van der Waals surface area contributed by atoms with Crippen LogP contribution in [0.15, 0.2) is 35.2 Å². The lowest BCUT2D eigenvalue weighted by atomic mass is 9.86. The Kier molecular flexibility index (Phi) is 4.79. The second-order valence-electron chi connectivity index (χ2n) is 5.38. The van der Waals surface area contributed by atoms with E-state index in [9.17, 15) is 13.7 Å². The smallest absolute Gasteiger partial charge is 0.207 e. The highest BCUT2D eigenvalue weighted by atomic mass is 32.2. The van der Waals surface area contributed by atoms with E-state index in [1.54, 1.807) is 30.3 Å². The van der Waals surface area contributed by atoms with Crippen molar-refractivity contribution < 1.29 is 8.42 Å². The van der Waals surface area contributed by atoms with Crippen molar-refractivity contribution in [1.29, 1.82) is 5.26 Å². The molecule has 1 aromatic rings. The first-order valence-electron chi connectivity index (χ1n) is 7.08. The topological polar surface area (TPSA) is 70.0 Å². The normalized spacial score (nSPS) is 19.6. The molecule has 0 spiro atoms. The molecule has 108 valence electrons. The summed E-state index contributed by atoms with van der Waals surface area (Å²) in [6.07, 6.45) is 6.28. The van der Waals surface area contributed by atoms with E-state index < -0.39 is 15.6 Å². The Balaban J connectivity index is 2.22. The highest BCUT2D eigenvalue weighted by molar-refractivity contribution is 7.89.